The van der Waals surface area contributed by atoms with Gasteiger partial charge in [0.15, 0.2) is 10.6 Å². The topological polar surface area (TPSA) is 54.0 Å². The van der Waals surface area contributed by atoms with Crippen LogP contribution < -0.4 is 10.6 Å². The number of rotatable bonds is 2. The average Bonchev–Trinajstić information content (AvgIpc) is 3.01. The third kappa shape index (κ3) is 2.34. The molecule has 0 aromatic carbocycles. The normalized spacial score (nSPS) is 26.4. The summed E-state index contributed by atoms with van der Waals surface area (Å²) < 4.78 is 0. The lowest BCUT2D eigenvalue weighted by Crippen LogP contribution is -2.30. The van der Waals surface area contributed by atoms with Crippen molar-refractivity contribution >= 4 is 34.1 Å². The molecule has 1 aromatic heterocycles. The van der Waals surface area contributed by atoms with Gasteiger partial charge in [0, 0.05) is 11.6 Å². The number of thiazole rings is 1. The molecule has 6 heteroatoms. The molecule has 0 radical (unpaired) electrons. The van der Waals surface area contributed by atoms with Gasteiger partial charge in [0.1, 0.15) is 0 Å². The number of carbonyl (C=O) groups excluding carboxylic acids is 1. The largest absolute Gasteiger partial charge is 0.333 e. The van der Waals surface area contributed by atoms with Gasteiger partial charge >= 0.3 is 0 Å². The summed E-state index contributed by atoms with van der Waals surface area (Å²) in [4.78, 5) is 16.8. The van der Waals surface area contributed by atoms with Crippen molar-refractivity contribution in [2.45, 2.75) is 11.9 Å². The number of carbonyl (C=O) groups is 1. The fraction of sp³-hybridized carbons (Fsp3) is 0.167. The number of nitrogens with zero attached hydrogens (tertiary/aromatic N) is 1. The van der Waals surface area contributed by atoms with E-state index in [-0.39, 0.29) is 11.4 Å². The van der Waals surface area contributed by atoms with Crippen LogP contribution in [0.2, 0.25) is 0 Å². The molecule has 1 fully saturated rings. The molecule has 3 rings (SSSR count). The fourth-order valence-electron chi connectivity index (χ4n) is 1.76. The van der Waals surface area contributed by atoms with E-state index in [2.05, 4.69) is 21.7 Å². The van der Waals surface area contributed by atoms with Gasteiger partial charge in [-0.1, -0.05) is 36.1 Å². The molecule has 2 N–H and O–H groups in total. The Morgan fingerprint density at radius 1 is 1.44 bits per heavy atom. The number of allylic oxidation sites excluding steroid dienone is 5. The molecule has 1 aliphatic heterocycles. The molecule has 1 aliphatic carbocycles. The van der Waals surface area contributed by atoms with E-state index in [0.29, 0.717) is 0 Å². The Kier molecular flexibility index (Phi) is 3.21. The van der Waals surface area contributed by atoms with Crippen molar-refractivity contribution in [1.82, 2.24) is 10.3 Å². The monoisotopic (exact) mass is 277 g/mol. The van der Waals surface area contributed by atoms with Gasteiger partial charge in [0.25, 0.3) is 5.91 Å². The summed E-state index contributed by atoms with van der Waals surface area (Å²) >= 11 is 3.03. The predicted octanol–water partition coefficient (Wildman–Crippen LogP) is 2.47. The van der Waals surface area contributed by atoms with Crippen LogP contribution in [0, 0.1) is 0 Å². The average molecular weight is 277 g/mol. The first-order valence-corrected chi connectivity index (χ1v) is 7.29. The van der Waals surface area contributed by atoms with E-state index < -0.39 is 0 Å². The molecular weight excluding hydrogens is 266 g/mol. The zero-order valence-corrected chi connectivity index (χ0v) is 11.1. The lowest BCUT2D eigenvalue weighted by Gasteiger charge is -2.09. The summed E-state index contributed by atoms with van der Waals surface area (Å²) in [6.07, 6.45) is 10.6. The smallest absolute Gasteiger partial charge is 0.260 e. The van der Waals surface area contributed by atoms with Gasteiger partial charge in [-0.05, 0) is 12.0 Å². The molecule has 0 saturated carbocycles. The Balaban J connectivity index is 1.74. The molecule has 1 saturated heterocycles. The van der Waals surface area contributed by atoms with E-state index in [1.807, 2.05) is 23.6 Å². The zero-order valence-electron chi connectivity index (χ0n) is 9.42. The van der Waals surface area contributed by atoms with Gasteiger partial charge < -0.3 is 10.6 Å². The molecule has 2 heterocycles. The summed E-state index contributed by atoms with van der Waals surface area (Å²) in [7, 11) is 0. The predicted molar refractivity (Wildman–Crippen MR) is 75.2 cm³/mol. The first-order valence-electron chi connectivity index (χ1n) is 5.53. The summed E-state index contributed by atoms with van der Waals surface area (Å²) in [5.41, 5.74) is 0.939. The van der Waals surface area contributed by atoms with Crippen LogP contribution in [0.15, 0.2) is 46.4 Å². The quantitative estimate of drug-likeness (QED) is 0.815. The van der Waals surface area contributed by atoms with Gasteiger partial charge in [0.05, 0.1) is 4.91 Å². The third-order valence-corrected chi connectivity index (χ3v) is 4.42. The SMILES string of the molecule is O=C1NC(Nc2nccs2)SC1=C1C=CC=CC1. The minimum absolute atomic E-state index is 0.0102. The lowest BCUT2D eigenvalue weighted by molar-refractivity contribution is -0.116. The van der Waals surface area contributed by atoms with E-state index >= 15 is 0 Å². The second-order valence-electron chi connectivity index (χ2n) is 3.80. The highest BCUT2D eigenvalue weighted by molar-refractivity contribution is 8.05. The molecule has 4 nitrogen and oxygen atoms in total. The van der Waals surface area contributed by atoms with Gasteiger partial charge in [-0.25, -0.2) is 4.98 Å². The molecule has 0 bridgehead atoms. The van der Waals surface area contributed by atoms with Crippen LogP contribution in [0.4, 0.5) is 5.13 Å². The Bertz CT molecular complexity index is 546. The van der Waals surface area contributed by atoms with Crippen molar-refractivity contribution in [2.75, 3.05) is 5.32 Å². The highest BCUT2D eigenvalue weighted by atomic mass is 32.2. The van der Waals surface area contributed by atoms with Crippen molar-refractivity contribution in [3.8, 4) is 0 Å². The van der Waals surface area contributed by atoms with E-state index in [1.165, 1.54) is 23.1 Å². The molecule has 0 spiro atoms. The fourth-order valence-corrected chi connectivity index (χ4v) is 3.43. The zero-order chi connectivity index (χ0) is 12.4. The summed E-state index contributed by atoms with van der Waals surface area (Å²) in [6.45, 7) is 0. The van der Waals surface area contributed by atoms with E-state index in [1.54, 1.807) is 6.20 Å². The standard InChI is InChI=1S/C12H11N3OS2/c16-10-9(8-4-2-1-3-5-8)18-12(14-10)15-11-13-6-7-17-11/h1-4,6-7,12H,5H2,(H,13,15)(H,14,16). The first-order chi connectivity index (χ1) is 8.83. The highest BCUT2D eigenvalue weighted by Gasteiger charge is 2.29. The van der Waals surface area contributed by atoms with Crippen molar-refractivity contribution < 1.29 is 4.79 Å². The molecule has 2 aliphatic rings. The number of hydrogen-bond acceptors (Lipinski definition) is 5. The lowest BCUT2D eigenvalue weighted by atomic mass is 10.1. The number of hydrogen-bond donors (Lipinski definition) is 2. The first kappa shape index (κ1) is 11.6. The Hall–Kier alpha value is -1.53. The number of anilines is 1. The Labute approximate surface area is 113 Å². The van der Waals surface area contributed by atoms with Crippen LogP contribution in [-0.4, -0.2) is 16.4 Å². The van der Waals surface area contributed by atoms with Gasteiger partial charge in [-0.3, -0.25) is 4.79 Å². The van der Waals surface area contributed by atoms with Crippen LogP contribution in [0.25, 0.3) is 0 Å². The van der Waals surface area contributed by atoms with E-state index in [9.17, 15) is 4.79 Å². The van der Waals surface area contributed by atoms with E-state index in [4.69, 9.17) is 0 Å². The van der Waals surface area contributed by atoms with Crippen molar-refractivity contribution in [2.24, 2.45) is 0 Å². The van der Waals surface area contributed by atoms with Crippen LogP contribution in [0.1, 0.15) is 6.42 Å². The molecule has 1 unspecified atom stereocenters. The maximum atomic E-state index is 11.9. The van der Waals surface area contributed by atoms with E-state index in [0.717, 1.165) is 22.0 Å². The van der Waals surface area contributed by atoms with Gasteiger partial charge in [0.2, 0.25) is 0 Å². The van der Waals surface area contributed by atoms with Crippen LogP contribution in [0.3, 0.4) is 0 Å². The minimum atomic E-state index is -0.134. The third-order valence-electron chi connectivity index (χ3n) is 2.57. The van der Waals surface area contributed by atoms with Crippen LogP contribution >= 0.6 is 23.1 Å². The molecule has 1 atom stereocenters. The Morgan fingerprint density at radius 2 is 2.39 bits per heavy atom. The van der Waals surface area contributed by atoms with Crippen molar-refractivity contribution in [1.29, 1.82) is 0 Å². The second kappa shape index (κ2) is 4.99. The summed E-state index contributed by atoms with van der Waals surface area (Å²) in [5.74, 6) is -0.0102. The van der Waals surface area contributed by atoms with Gasteiger partial charge in [-0.2, -0.15) is 0 Å². The number of aromatic nitrogens is 1. The number of nitrogens with one attached hydrogen (secondary N) is 2. The summed E-state index contributed by atoms with van der Waals surface area (Å²) in [6, 6.07) is 0. The highest BCUT2D eigenvalue weighted by Crippen LogP contribution is 2.33. The maximum absolute atomic E-state index is 11.9. The second-order valence-corrected chi connectivity index (χ2v) is 5.81. The molecule has 1 aromatic rings. The maximum Gasteiger partial charge on any atom is 0.260 e. The molecule has 18 heavy (non-hydrogen) atoms. The minimum Gasteiger partial charge on any atom is -0.333 e. The molecule has 1 amide bonds. The van der Waals surface area contributed by atoms with Crippen LogP contribution in [0.5, 0.6) is 0 Å². The van der Waals surface area contributed by atoms with Crippen LogP contribution in [-0.2, 0) is 4.79 Å². The number of thioether (sulfide) groups is 1. The molecular formula is C12H11N3OS2. The Morgan fingerprint density at radius 3 is 3.11 bits per heavy atom. The van der Waals surface area contributed by atoms with Gasteiger partial charge in [-0.15, -0.1) is 11.3 Å². The number of amides is 1. The molecule has 92 valence electrons. The summed E-state index contributed by atoms with van der Waals surface area (Å²) in [5, 5.41) is 8.80. The van der Waals surface area contributed by atoms with Crippen molar-refractivity contribution in [3.05, 3.63) is 46.4 Å². The van der Waals surface area contributed by atoms with Crippen molar-refractivity contribution in [3.63, 3.8) is 0 Å².